The summed E-state index contributed by atoms with van der Waals surface area (Å²) in [4.78, 5) is 14.5. The van der Waals surface area contributed by atoms with Gasteiger partial charge in [-0.2, -0.15) is 9.35 Å². The Balaban J connectivity index is 0.000000270. The van der Waals surface area contributed by atoms with Crippen LogP contribution in [0.25, 0.3) is 0 Å². The smallest absolute Gasteiger partial charge is 0.345 e. The SMILES string of the molecule is CC[NH+](CC)CC.O=C1N2CCCC(C2)N1OS(=O)(=O)[O-]. The monoisotopic (exact) mass is 323 g/mol. The predicted octanol–water partition coefficient (Wildman–Crippen LogP) is -0.791. The molecule has 0 aromatic carbocycles. The fourth-order valence-corrected chi connectivity index (χ4v) is 2.94. The normalized spacial score (nSPS) is 21.6. The van der Waals surface area contributed by atoms with Crippen molar-refractivity contribution in [2.75, 3.05) is 32.7 Å². The van der Waals surface area contributed by atoms with Crippen LogP contribution in [0.4, 0.5) is 4.79 Å². The minimum absolute atomic E-state index is 0.306. The van der Waals surface area contributed by atoms with Crippen LogP contribution in [-0.4, -0.2) is 67.7 Å². The number of hydrogen-bond acceptors (Lipinski definition) is 5. The van der Waals surface area contributed by atoms with E-state index in [-0.39, 0.29) is 6.04 Å². The molecule has 0 aromatic heterocycles. The van der Waals surface area contributed by atoms with E-state index in [2.05, 4.69) is 25.1 Å². The first-order valence-electron chi connectivity index (χ1n) is 7.39. The Labute approximate surface area is 126 Å². The van der Waals surface area contributed by atoms with E-state index in [0.717, 1.165) is 6.42 Å². The van der Waals surface area contributed by atoms with E-state index in [1.165, 1.54) is 24.5 Å². The summed E-state index contributed by atoms with van der Waals surface area (Å²) in [6.07, 6.45) is 1.47. The zero-order chi connectivity index (χ0) is 16.0. The molecule has 124 valence electrons. The number of fused-ring (bicyclic) bond motifs is 2. The Bertz CT molecular complexity index is 433. The molecule has 9 heteroatoms. The Morgan fingerprint density at radius 3 is 2.24 bits per heavy atom. The van der Waals surface area contributed by atoms with E-state index in [9.17, 15) is 17.8 Å². The summed E-state index contributed by atoms with van der Waals surface area (Å²) in [6, 6.07) is -0.841. The summed E-state index contributed by atoms with van der Waals surface area (Å²) < 4.78 is 35.1. The third kappa shape index (κ3) is 5.42. The van der Waals surface area contributed by atoms with Gasteiger partial charge in [0, 0.05) is 13.1 Å². The van der Waals surface area contributed by atoms with Crippen LogP contribution >= 0.6 is 0 Å². The molecule has 2 aliphatic rings. The standard InChI is InChI=1S/C6H10N2O5S.C6H15N/c9-6-7-3-1-2-5(4-7)8(6)13-14(10,11)12;1-4-7(5-2)6-3/h5H,1-4H2,(H,10,11,12);4-6H2,1-3H3. The van der Waals surface area contributed by atoms with Crippen LogP contribution in [0, 0.1) is 0 Å². The molecule has 2 heterocycles. The Kier molecular flexibility index (Phi) is 6.85. The number of quaternary nitrogens is 1. The average molecular weight is 323 g/mol. The fourth-order valence-electron chi connectivity index (χ4n) is 2.56. The molecule has 0 radical (unpaired) electrons. The molecule has 2 saturated heterocycles. The molecule has 0 saturated carbocycles. The Morgan fingerprint density at radius 2 is 1.86 bits per heavy atom. The number of carbonyl (C=O) groups is 1. The maximum absolute atomic E-state index is 11.4. The van der Waals surface area contributed by atoms with Crippen molar-refractivity contribution < 1.29 is 26.9 Å². The van der Waals surface area contributed by atoms with Gasteiger partial charge >= 0.3 is 6.03 Å². The summed E-state index contributed by atoms with van der Waals surface area (Å²) in [5.41, 5.74) is 0. The highest BCUT2D eigenvalue weighted by molar-refractivity contribution is 7.80. The van der Waals surface area contributed by atoms with Crippen LogP contribution in [0.2, 0.25) is 0 Å². The predicted molar refractivity (Wildman–Crippen MR) is 75.2 cm³/mol. The van der Waals surface area contributed by atoms with Crippen LogP contribution < -0.4 is 4.90 Å². The van der Waals surface area contributed by atoms with E-state index in [4.69, 9.17) is 0 Å². The zero-order valence-corrected chi connectivity index (χ0v) is 13.7. The molecule has 1 atom stereocenters. The van der Waals surface area contributed by atoms with Crippen molar-refractivity contribution in [3.8, 4) is 0 Å². The number of rotatable bonds is 5. The van der Waals surface area contributed by atoms with Crippen molar-refractivity contribution in [2.24, 2.45) is 0 Å². The third-order valence-corrected chi connectivity index (χ3v) is 4.20. The average Bonchev–Trinajstić information content (AvgIpc) is 2.64. The highest BCUT2D eigenvalue weighted by Crippen LogP contribution is 2.25. The van der Waals surface area contributed by atoms with Gasteiger partial charge in [0.15, 0.2) is 0 Å². The van der Waals surface area contributed by atoms with Gasteiger partial charge in [-0.3, -0.25) is 0 Å². The van der Waals surface area contributed by atoms with Crippen molar-refractivity contribution >= 4 is 16.4 Å². The van der Waals surface area contributed by atoms with Gasteiger partial charge < -0.3 is 14.4 Å². The number of nitrogens with zero attached hydrogens (tertiary/aromatic N) is 2. The second kappa shape index (κ2) is 7.92. The molecular formula is C12H25N3O5S. The minimum Gasteiger partial charge on any atom is -0.724 e. The molecule has 1 N–H and O–H groups in total. The van der Waals surface area contributed by atoms with E-state index in [1.807, 2.05) is 0 Å². The first-order valence-corrected chi connectivity index (χ1v) is 8.72. The summed E-state index contributed by atoms with van der Waals surface area (Å²) in [5.74, 6) is 0. The summed E-state index contributed by atoms with van der Waals surface area (Å²) in [5, 5.41) is 0.676. The molecule has 0 spiro atoms. The van der Waals surface area contributed by atoms with Crippen molar-refractivity contribution in [1.29, 1.82) is 0 Å². The second-order valence-electron chi connectivity index (χ2n) is 5.14. The molecule has 2 amide bonds. The number of amides is 2. The fraction of sp³-hybridized carbons (Fsp3) is 0.917. The first-order chi connectivity index (χ1) is 9.82. The molecular weight excluding hydrogens is 298 g/mol. The van der Waals surface area contributed by atoms with Gasteiger partial charge in [0.2, 0.25) is 10.4 Å². The van der Waals surface area contributed by atoms with E-state index in [1.54, 1.807) is 4.90 Å². The molecule has 1 unspecified atom stereocenters. The lowest BCUT2D eigenvalue weighted by Gasteiger charge is -2.22. The van der Waals surface area contributed by atoms with Gasteiger partial charge in [0.05, 0.1) is 25.7 Å². The number of urea groups is 1. The van der Waals surface area contributed by atoms with E-state index < -0.39 is 16.4 Å². The number of hydrogen-bond donors (Lipinski definition) is 1. The van der Waals surface area contributed by atoms with E-state index >= 15 is 0 Å². The van der Waals surface area contributed by atoms with Crippen molar-refractivity contribution in [1.82, 2.24) is 9.96 Å². The molecule has 8 nitrogen and oxygen atoms in total. The highest BCUT2D eigenvalue weighted by Gasteiger charge is 2.42. The van der Waals surface area contributed by atoms with Gasteiger partial charge in [0.25, 0.3) is 0 Å². The maximum Gasteiger partial charge on any atom is 0.345 e. The number of hydroxylamine groups is 2. The highest BCUT2D eigenvalue weighted by atomic mass is 32.3. The lowest BCUT2D eigenvalue weighted by atomic mass is 10.1. The molecule has 2 aliphatic heterocycles. The number of carbonyl (C=O) groups excluding carboxylic acids is 1. The number of piperidine rings is 1. The minimum atomic E-state index is -4.85. The van der Waals surface area contributed by atoms with Crippen molar-refractivity contribution in [3.63, 3.8) is 0 Å². The van der Waals surface area contributed by atoms with Crippen LogP contribution in [0.3, 0.4) is 0 Å². The van der Waals surface area contributed by atoms with Crippen molar-refractivity contribution in [3.05, 3.63) is 0 Å². The van der Waals surface area contributed by atoms with Gasteiger partial charge in [-0.25, -0.2) is 13.2 Å². The molecule has 0 aliphatic carbocycles. The van der Waals surface area contributed by atoms with Gasteiger partial charge in [-0.1, -0.05) is 0 Å². The van der Waals surface area contributed by atoms with Crippen molar-refractivity contribution in [2.45, 2.75) is 39.7 Å². The topological polar surface area (TPSA) is 94.4 Å². The third-order valence-electron chi connectivity index (χ3n) is 3.86. The van der Waals surface area contributed by atoms with Crippen LogP contribution in [-0.2, 0) is 14.7 Å². The molecule has 21 heavy (non-hydrogen) atoms. The maximum atomic E-state index is 11.4. The molecule has 2 bridgehead atoms. The van der Waals surface area contributed by atoms with Gasteiger partial charge in [-0.15, -0.1) is 0 Å². The van der Waals surface area contributed by atoms with Gasteiger partial charge in [-0.05, 0) is 33.6 Å². The summed E-state index contributed by atoms with van der Waals surface area (Å²) >= 11 is 0. The van der Waals surface area contributed by atoms with Crippen LogP contribution in [0.5, 0.6) is 0 Å². The second-order valence-corrected chi connectivity index (χ2v) is 6.11. The number of nitrogens with one attached hydrogen (secondary N) is 1. The first kappa shape index (κ1) is 18.1. The molecule has 0 aromatic rings. The molecule has 2 fully saturated rings. The quantitative estimate of drug-likeness (QED) is 0.528. The lowest BCUT2D eigenvalue weighted by molar-refractivity contribution is -0.894. The zero-order valence-electron chi connectivity index (χ0n) is 12.9. The van der Waals surface area contributed by atoms with Gasteiger partial charge in [0.1, 0.15) is 0 Å². The summed E-state index contributed by atoms with van der Waals surface area (Å²) in [7, 11) is -4.85. The Morgan fingerprint density at radius 1 is 1.29 bits per heavy atom. The van der Waals surface area contributed by atoms with Crippen LogP contribution in [0.15, 0.2) is 0 Å². The lowest BCUT2D eigenvalue weighted by Crippen LogP contribution is -3.11. The summed E-state index contributed by atoms with van der Waals surface area (Å²) in [6.45, 7) is 11.5. The largest absolute Gasteiger partial charge is 0.724 e. The Hall–Kier alpha value is -0.900. The molecule has 2 rings (SSSR count). The van der Waals surface area contributed by atoms with Crippen LogP contribution in [0.1, 0.15) is 33.6 Å². The van der Waals surface area contributed by atoms with E-state index in [0.29, 0.717) is 24.6 Å².